The minimum absolute atomic E-state index is 0. The summed E-state index contributed by atoms with van der Waals surface area (Å²) in [6.45, 7) is 3.88. The number of piperidine rings is 1. The molecule has 0 radical (unpaired) electrons. The highest BCUT2D eigenvalue weighted by Gasteiger charge is 2.19. The maximum atomic E-state index is 11.2. The zero-order valence-electron chi connectivity index (χ0n) is 14.5. The average Bonchev–Trinajstić information content (AvgIpc) is 2.57. The van der Waals surface area contributed by atoms with E-state index in [1.54, 1.807) is 7.11 Å². The fourth-order valence-corrected chi connectivity index (χ4v) is 2.77. The lowest BCUT2D eigenvalue weighted by Gasteiger charge is -2.25. The van der Waals surface area contributed by atoms with Crippen molar-refractivity contribution in [1.29, 1.82) is 0 Å². The van der Waals surface area contributed by atoms with Crippen molar-refractivity contribution in [2.24, 2.45) is 4.99 Å². The Morgan fingerprint density at radius 1 is 1.52 bits per heavy atom. The highest BCUT2D eigenvalue weighted by Crippen LogP contribution is 2.20. The molecule has 0 saturated carbocycles. The van der Waals surface area contributed by atoms with Crippen molar-refractivity contribution in [2.45, 2.75) is 31.9 Å². The van der Waals surface area contributed by atoms with Crippen molar-refractivity contribution in [3.05, 3.63) is 34.9 Å². The number of nitrogens with zero attached hydrogens (tertiary/aromatic N) is 1. The summed E-state index contributed by atoms with van der Waals surface area (Å²) in [4.78, 5) is 15.9. The van der Waals surface area contributed by atoms with Gasteiger partial charge in [-0.15, -0.1) is 24.0 Å². The summed E-state index contributed by atoms with van der Waals surface area (Å²) in [5.74, 6) is 0.832. The third kappa shape index (κ3) is 7.37. The number of methoxy groups -OCH3 is 1. The van der Waals surface area contributed by atoms with E-state index in [1.807, 2.05) is 31.2 Å². The van der Waals surface area contributed by atoms with Crippen LogP contribution >= 0.6 is 35.6 Å². The molecule has 1 heterocycles. The fourth-order valence-electron chi connectivity index (χ4n) is 2.57. The van der Waals surface area contributed by atoms with Crippen molar-refractivity contribution in [3.8, 4) is 0 Å². The number of guanidine groups is 1. The molecule has 1 saturated heterocycles. The van der Waals surface area contributed by atoms with Gasteiger partial charge in [0.1, 0.15) is 6.10 Å². The first-order valence-electron chi connectivity index (χ1n) is 8.22. The number of benzene rings is 1. The lowest BCUT2D eigenvalue weighted by molar-refractivity contribution is -0.122. The molecular weight excluding hydrogens is 455 g/mol. The van der Waals surface area contributed by atoms with Crippen LogP contribution in [0.25, 0.3) is 0 Å². The van der Waals surface area contributed by atoms with E-state index < -0.39 is 0 Å². The number of aliphatic imine (C=N–C) groups is 1. The molecule has 0 aliphatic carbocycles. The number of halogens is 2. The molecule has 25 heavy (non-hydrogen) atoms. The summed E-state index contributed by atoms with van der Waals surface area (Å²) in [6.07, 6.45) is 1.18. The minimum Gasteiger partial charge on any atom is -0.375 e. The van der Waals surface area contributed by atoms with E-state index in [0.29, 0.717) is 24.5 Å². The average molecular weight is 481 g/mol. The van der Waals surface area contributed by atoms with E-state index in [1.165, 1.54) is 0 Å². The van der Waals surface area contributed by atoms with Crippen LogP contribution in [0.5, 0.6) is 0 Å². The van der Waals surface area contributed by atoms with Crippen molar-refractivity contribution in [2.75, 3.05) is 26.7 Å². The monoisotopic (exact) mass is 480 g/mol. The quantitative estimate of drug-likeness (QED) is 0.332. The van der Waals surface area contributed by atoms with E-state index in [-0.39, 0.29) is 42.0 Å². The molecule has 2 rings (SSSR count). The Hall–Kier alpha value is -1.06. The molecule has 2 unspecified atom stereocenters. The normalized spacial score (nSPS) is 18.8. The van der Waals surface area contributed by atoms with Gasteiger partial charge in [-0.3, -0.25) is 9.79 Å². The maximum absolute atomic E-state index is 11.2. The van der Waals surface area contributed by atoms with Crippen LogP contribution in [0.4, 0.5) is 0 Å². The van der Waals surface area contributed by atoms with Gasteiger partial charge in [0.15, 0.2) is 5.96 Å². The van der Waals surface area contributed by atoms with Gasteiger partial charge < -0.3 is 20.7 Å². The number of nitrogens with one attached hydrogen (secondary N) is 3. The molecule has 1 aliphatic rings. The van der Waals surface area contributed by atoms with Crippen LogP contribution in [0.15, 0.2) is 29.3 Å². The van der Waals surface area contributed by atoms with Crippen molar-refractivity contribution in [3.63, 3.8) is 0 Å². The van der Waals surface area contributed by atoms with Crippen LogP contribution in [-0.2, 0) is 9.53 Å². The summed E-state index contributed by atoms with van der Waals surface area (Å²) >= 11 is 6.05. The van der Waals surface area contributed by atoms with Crippen LogP contribution in [0.1, 0.15) is 31.4 Å². The van der Waals surface area contributed by atoms with Gasteiger partial charge in [-0.2, -0.15) is 0 Å². The van der Waals surface area contributed by atoms with Crippen molar-refractivity contribution < 1.29 is 9.53 Å². The van der Waals surface area contributed by atoms with Gasteiger partial charge >= 0.3 is 0 Å². The second kappa shape index (κ2) is 11.5. The predicted octanol–water partition coefficient (Wildman–Crippen LogP) is 2.48. The lowest BCUT2D eigenvalue weighted by atomic mass is 10.1. The number of amides is 1. The number of ether oxygens (including phenoxy) is 1. The topological polar surface area (TPSA) is 74.8 Å². The molecule has 1 fully saturated rings. The highest BCUT2D eigenvalue weighted by atomic mass is 127. The van der Waals surface area contributed by atoms with Gasteiger partial charge in [-0.25, -0.2) is 0 Å². The molecule has 1 aromatic rings. The van der Waals surface area contributed by atoms with E-state index in [4.69, 9.17) is 16.3 Å². The SMILES string of the molecule is CCNC(=NCC(OC)c1cccc(Cl)c1)NC1CCC(=O)NC1.I. The smallest absolute Gasteiger partial charge is 0.220 e. The zero-order chi connectivity index (χ0) is 17.4. The molecular formula is C17H26ClIN4O2. The summed E-state index contributed by atoms with van der Waals surface area (Å²) in [6, 6.07) is 7.80. The largest absolute Gasteiger partial charge is 0.375 e. The second-order valence-electron chi connectivity index (χ2n) is 5.68. The molecule has 8 heteroatoms. The summed E-state index contributed by atoms with van der Waals surface area (Å²) in [5, 5.41) is 10.1. The standard InChI is InChI=1S/C17H25ClN4O2.HI/c1-3-19-17(22-14-7-8-16(23)20-10-14)21-11-15(24-2)12-5-4-6-13(18)9-12;/h4-6,9,14-15H,3,7-8,10-11H2,1-2H3,(H,20,23)(H2,19,21,22);1H. The van der Waals surface area contributed by atoms with Crippen LogP contribution in [0.2, 0.25) is 5.02 Å². The molecule has 3 N–H and O–H groups in total. The molecule has 0 spiro atoms. The Labute approximate surface area is 171 Å². The molecule has 2 atom stereocenters. The molecule has 140 valence electrons. The molecule has 6 nitrogen and oxygen atoms in total. The van der Waals surface area contributed by atoms with Gasteiger partial charge in [0.2, 0.25) is 5.91 Å². The summed E-state index contributed by atoms with van der Waals surface area (Å²) in [7, 11) is 1.66. The second-order valence-corrected chi connectivity index (χ2v) is 6.12. The van der Waals surface area contributed by atoms with E-state index in [9.17, 15) is 4.79 Å². The lowest BCUT2D eigenvalue weighted by Crippen LogP contribution is -2.51. The maximum Gasteiger partial charge on any atom is 0.220 e. The Balaban J connectivity index is 0.00000312. The first-order valence-corrected chi connectivity index (χ1v) is 8.60. The number of carbonyl (C=O) groups excluding carboxylic acids is 1. The van der Waals surface area contributed by atoms with Crippen LogP contribution in [0.3, 0.4) is 0 Å². The Bertz CT molecular complexity index is 576. The molecule has 1 aliphatic heterocycles. The highest BCUT2D eigenvalue weighted by molar-refractivity contribution is 14.0. The third-order valence-electron chi connectivity index (χ3n) is 3.87. The first kappa shape index (κ1) is 22.0. The Morgan fingerprint density at radius 3 is 2.92 bits per heavy atom. The van der Waals surface area contributed by atoms with Gasteiger partial charge in [0, 0.05) is 37.7 Å². The fraction of sp³-hybridized carbons (Fsp3) is 0.529. The summed E-state index contributed by atoms with van der Waals surface area (Å²) < 4.78 is 5.55. The van der Waals surface area contributed by atoms with Gasteiger partial charge in [0.05, 0.1) is 6.54 Å². The van der Waals surface area contributed by atoms with Gasteiger partial charge in [-0.05, 0) is 31.0 Å². The third-order valence-corrected chi connectivity index (χ3v) is 4.11. The molecule has 1 amide bonds. The zero-order valence-corrected chi connectivity index (χ0v) is 17.6. The van der Waals surface area contributed by atoms with E-state index >= 15 is 0 Å². The first-order chi connectivity index (χ1) is 11.6. The number of carbonyl (C=O) groups is 1. The molecule has 0 aromatic heterocycles. The molecule has 1 aromatic carbocycles. The predicted molar refractivity (Wildman–Crippen MR) is 112 cm³/mol. The minimum atomic E-state index is -0.162. The van der Waals surface area contributed by atoms with E-state index in [2.05, 4.69) is 20.9 Å². The van der Waals surface area contributed by atoms with Crippen LogP contribution in [0, 0.1) is 0 Å². The summed E-state index contributed by atoms with van der Waals surface area (Å²) in [5.41, 5.74) is 0.995. The van der Waals surface area contributed by atoms with Gasteiger partial charge in [0.25, 0.3) is 0 Å². The number of hydrogen-bond acceptors (Lipinski definition) is 3. The Morgan fingerprint density at radius 2 is 2.32 bits per heavy atom. The van der Waals surface area contributed by atoms with Crippen LogP contribution in [-0.4, -0.2) is 44.7 Å². The molecule has 0 bridgehead atoms. The van der Waals surface area contributed by atoms with Crippen molar-refractivity contribution >= 4 is 47.4 Å². The van der Waals surface area contributed by atoms with Crippen molar-refractivity contribution in [1.82, 2.24) is 16.0 Å². The van der Waals surface area contributed by atoms with Gasteiger partial charge in [-0.1, -0.05) is 23.7 Å². The van der Waals surface area contributed by atoms with Crippen LogP contribution < -0.4 is 16.0 Å². The Kier molecular flexibility index (Phi) is 10.1. The number of hydrogen-bond donors (Lipinski definition) is 3. The van der Waals surface area contributed by atoms with E-state index in [0.717, 1.165) is 24.5 Å². The number of rotatable bonds is 6.